The predicted octanol–water partition coefficient (Wildman–Crippen LogP) is 15.1. The van der Waals surface area contributed by atoms with Gasteiger partial charge in [-0.3, -0.25) is 0 Å². The topological polar surface area (TPSA) is 121 Å². The normalized spacial score (nSPS) is 11.3. The van der Waals surface area contributed by atoms with E-state index in [1.54, 1.807) is 22.7 Å². The molecule has 0 amide bonds. The fourth-order valence-electron chi connectivity index (χ4n) is 7.14. The number of hydrogen-bond donors (Lipinski definition) is 1. The Labute approximate surface area is 373 Å². The zero-order valence-corrected chi connectivity index (χ0v) is 39.4. The number of hydrogen-bond acceptors (Lipinski definition) is 10. The van der Waals surface area contributed by atoms with Gasteiger partial charge in [0.25, 0.3) is 0 Å². The van der Waals surface area contributed by atoms with E-state index in [4.69, 9.17) is 14.6 Å². The fraction of sp³-hybridized carbons (Fsp3) is 0.314. The monoisotopic (exact) mass is 865 g/mol. The Morgan fingerprint density at radius 3 is 1.76 bits per heavy atom. The standard InChI is InChI=1S/C11H13NO.C10H12N2S.C10H12N2.C10H11NO.C10H11NS/c1-7(2)9-5-4-6-10-11(9)13-8(3)12-10;1-6(2)7-4-3-5-8-9(7)13-10(11)12-8;1-8(2)9-4-3-5-10-11-6-7-12(9)10;2*1-7(2)8-4-3-5-9-10(8)12-6-11-9/h4-7H,1-3H3;3-6H,1-2H3,(H2,11,12);3-8H,1-2H3;2*3-7H,1-2H3. The number of thiazole rings is 2. The van der Waals surface area contributed by atoms with Gasteiger partial charge in [-0.05, 0) is 88.2 Å². The minimum Gasteiger partial charge on any atom is -0.443 e. The van der Waals surface area contributed by atoms with Gasteiger partial charge in [-0.25, -0.2) is 24.9 Å². The van der Waals surface area contributed by atoms with Gasteiger partial charge >= 0.3 is 0 Å². The van der Waals surface area contributed by atoms with Crippen LogP contribution in [0.25, 0.3) is 48.3 Å². The van der Waals surface area contributed by atoms with Crippen LogP contribution in [0.4, 0.5) is 5.13 Å². The lowest BCUT2D eigenvalue weighted by Crippen LogP contribution is -1.96. The maximum Gasteiger partial charge on any atom is 0.192 e. The van der Waals surface area contributed by atoms with Gasteiger partial charge in [0, 0.05) is 25.0 Å². The van der Waals surface area contributed by atoms with Crippen molar-refractivity contribution in [2.75, 3.05) is 5.73 Å². The third kappa shape index (κ3) is 10.9. The van der Waals surface area contributed by atoms with Crippen LogP contribution in [0, 0.1) is 6.92 Å². The molecule has 0 fully saturated rings. The average molecular weight is 866 g/mol. The highest BCUT2D eigenvalue weighted by atomic mass is 32.1. The molecule has 0 aliphatic heterocycles. The molecule has 0 saturated carbocycles. The molecule has 0 saturated heterocycles. The third-order valence-electron chi connectivity index (χ3n) is 10.3. The van der Waals surface area contributed by atoms with E-state index in [1.807, 2.05) is 67.3 Å². The van der Waals surface area contributed by atoms with E-state index < -0.39 is 0 Å². The number of anilines is 1. The summed E-state index contributed by atoms with van der Waals surface area (Å²) in [5.74, 6) is 3.38. The smallest absolute Gasteiger partial charge is 0.192 e. The van der Waals surface area contributed by atoms with E-state index in [1.165, 1.54) is 43.7 Å². The number of para-hydroxylation sites is 2. The number of aryl methyl sites for hydroxylation is 1. The summed E-state index contributed by atoms with van der Waals surface area (Å²) in [5, 5.41) is 0.656. The van der Waals surface area contributed by atoms with Crippen LogP contribution in [0.1, 0.15) is 133 Å². The molecule has 10 aromatic rings. The van der Waals surface area contributed by atoms with Crippen molar-refractivity contribution in [1.82, 2.24) is 29.3 Å². The van der Waals surface area contributed by atoms with Crippen LogP contribution in [0.5, 0.6) is 0 Å². The number of benzene rings is 4. The lowest BCUT2D eigenvalue weighted by Gasteiger charge is -2.07. The number of nitrogens with two attached hydrogens (primary N) is 1. The first kappa shape index (κ1) is 45.6. The molecule has 4 aromatic carbocycles. The number of aromatic nitrogens is 6. The fourth-order valence-corrected chi connectivity index (χ4v) is 9.09. The van der Waals surface area contributed by atoms with Crippen LogP contribution in [-0.4, -0.2) is 29.3 Å². The first-order chi connectivity index (χ1) is 29.7. The van der Waals surface area contributed by atoms with Crippen molar-refractivity contribution in [3.63, 3.8) is 0 Å². The molecular weight excluding hydrogens is 807 g/mol. The van der Waals surface area contributed by atoms with Crippen LogP contribution < -0.4 is 5.73 Å². The number of imidazole rings is 1. The first-order valence-electron chi connectivity index (χ1n) is 21.3. The van der Waals surface area contributed by atoms with Crippen molar-refractivity contribution < 1.29 is 8.83 Å². The molecular formula is C51H59N7O2S2. The van der Waals surface area contributed by atoms with E-state index in [0.717, 1.165) is 44.8 Å². The Morgan fingerprint density at radius 2 is 1.11 bits per heavy atom. The van der Waals surface area contributed by atoms with Crippen molar-refractivity contribution in [3.05, 3.63) is 149 Å². The number of nitrogen functional groups attached to an aromatic ring is 1. The first-order valence-corrected chi connectivity index (χ1v) is 23.0. The average Bonchev–Trinajstić information content (AvgIpc) is 4.10. The molecule has 0 atom stereocenters. The SMILES string of the molecule is CC(C)c1cccc2nc(N)sc12.CC(C)c1cccc2nccn12.CC(C)c1cccc2ncoc12.CC(C)c1cccc2ncsc12.Cc1nc2cccc(C(C)C)c2o1. The van der Waals surface area contributed by atoms with Crippen molar-refractivity contribution in [2.24, 2.45) is 0 Å². The van der Waals surface area contributed by atoms with Crippen LogP contribution in [0.2, 0.25) is 0 Å². The number of pyridine rings is 1. The molecule has 322 valence electrons. The van der Waals surface area contributed by atoms with E-state index in [0.29, 0.717) is 34.7 Å². The van der Waals surface area contributed by atoms with Gasteiger partial charge in [-0.1, -0.05) is 135 Å². The highest BCUT2D eigenvalue weighted by Crippen LogP contribution is 2.32. The Balaban J connectivity index is 0.000000129. The molecule has 11 heteroatoms. The molecule has 0 unspecified atom stereocenters. The quantitative estimate of drug-likeness (QED) is 0.182. The number of fused-ring (bicyclic) bond motifs is 5. The van der Waals surface area contributed by atoms with Gasteiger partial charge in [-0.2, -0.15) is 0 Å². The lowest BCUT2D eigenvalue weighted by atomic mass is 10.0. The summed E-state index contributed by atoms with van der Waals surface area (Å²) in [4.78, 5) is 21.1. The molecule has 9 nitrogen and oxygen atoms in total. The maximum absolute atomic E-state index is 5.67. The Morgan fingerprint density at radius 1 is 0.548 bits per heavy atom. The van der Waals surface area contributed by atoms with Gasteiger partial charge in [0.1, 0.15) is 16.7 Å². The maximum atomic E-state index is 5.67. The van der Waals surface area contributed by atoms with E-state index >= 15 is 0 Å². The largest absolute Gasteiger partial charge is 0.443 e. The molecule has 2 N–H and O–H groups in total. The lowest BCUT2D eigenvalue weighted by molar-refractivity contribution is 0.555. The van der Waals surface area contributed by atoms with Crippen molar-refractivity contribution >= 4 is 76.1 Å². The summed E-state index contributed by atoms with van der Waals surface area (Å²) in [6.45, 7) is 23.7. The van der Waals surface area contributed by atoms with Crippen molar-refractivity contribution in [1.29, 1.82) is 0 Å². The summed E-state index contributed by atoms with van der Waals surface area (Å²) in [7, 11) is 0. The molecule has 0 radical (unpaired) electrons. The zero-order chi connectivity index (χ0) is 44.5. The number of nitrogens with zero attached hydrogens (tertiary/aromatic N) is 6. The van der Waals surface area contributed by atoms with Gasteiger partial charge in [0.15, 0.2) is 28.6 Å². The molecule has 0 aliphatic carbocycles. The van der Waals surface area contributed by atoms with Crippen molar-refractivity contribution in [3.8, 4) is 0 Å². The second-order valence-corrected chi connectivity index (χ2v) is 18.5. The Bertz CT molecular complexity index is 2700. The highest BCUT2D eigenvalue weighted by Gasteiger charge is 2.11. The van der Waals surface area contributed by atoms with Crippen LogP contribution in [0.15, 0.2) is 124 Å². The van der Waals surface area contributed by atoms with E-state index in [9.17, 15) is 0 Å². The zero-order valence-electron chi connectivity index (χ0n) is 37.8. The van der Waals surface area contributed by atoms with Gasteiger partial charge in [0.2, 0.25) is 0 Å². The third-order valence-corrected chi connectivity index (χ3v) is 12.2. The molecule has 10 rings (SSSR count). The predicted molar refractivity (Wildman–Crippen MR) is 262 cm³/mol. The van der Waals surface area contributed by atoms with E-state index in [2.05, 4.69) is 147 Å². The Kier molecular flexibility index (Phi) is 15.3. The summed E-state index contributed by atoms with van der Waals surface area (Å²) in [5.41, 5.74) is 21.1. The highest BCUT2D eigenvalue weighted by molar-refractivity contribution is 7.22. The molecule has 0 spiro atoms. The van der Waals surface area contributed by atoms with Gasteiger partial charge < -0.3 is 19.0 Å². The van der Waals surface area contributed by atoms with Gasteiger partial charge in [0.05, 0.1) is 25.9 Å². The minimum atomic E-state index is 0.482. The second kappa shape index (κ2) is 20.8. The summed E-state index contributed by atoms with van der Waals surface area (Å²) in [6, 6.07) is 30.9. The molecule has 6 aromatic heterocycles. The molecule has 6 heterocycles. The number of rotatable bonds is 5. The summed E-state index contributed by atoms with van der Waals surface area (Å²) < 4.78 is 15.5. The second-order valence-electron chi connectivity index (χ2n) is 16.7. The minimum absolute atomic E-state index is 0.482. The summed E-state index contributed by atoms with van der Waals surface area (Å²) in [6.07, 6.45) is 5.34. The van der Waals surface area contributed by atoms with Crippen LogP contribution >= 0.6 is 22.7 Å². The molecule has 62 heavy (non-hydrogen) atoms. The summed E-state index contributed by atoms with van der Waals surface area (Å²) >= 11 is 3.30. The van der Waals surface area contributed by atoms with E-state index in [-0.39, 0.29) is 0 Å². The molecule has 0 bridgehead atoms. The van der Waals surface area contributed by atoms with Crippen LogP contribution in [0.3, 0.4) is 0 Å². The van der Waals surface area contributed by atoms with Gasteiger partial charge in [-0.15, -0.1) is 11.3 Å². The Hall–Kier alpha value is -5.91. The number of oxazole rings is 2. The van der Waals surface area contributed by atoms with Crippen LogP contribution in [-0.2, 0) is 0 Å². The van der Waals surface area contributed by atoms with Crippen molar-refractivity contribution in [2.45, 2.75) is 106 Å². The molecule has 0 aliphatic rings.